The smallest absolute Gasteiger partial charge is 0.257 e. The van der Waals surface area contributed by atoms with Crippen LogP contribution in [0, 0.1) is 0 Å². The van der Waals surface area contributed by atoms with Gasteiger partial charge in [0.25, 0.3) is 5.91 Å². The highest BCUT2D eigenvalue weighted by Gasteiger charge is 2.20. The number of rotatable bonds is 7. The lowest BCUT2D eigenvalue weighted by Crippen LogP contribution is -2.27. The van der Waals surface area contributed by atoms with E-state index in [0.717, 1.165) is 5.56 Å². The molecule has 134 valence electrons. The largest absolute Gasteiger partial charge is 0.482 e. The van der Waals surface area contributed by atoms with E-state index in [1.165, 1.54) is 25.2 Å². The van der Waals surface area contributed by atoms with Crippen LogP contribution in [0.25, 0.3) is 0 Å². The van der Waals surface area contributed by atoms with Gasteiger partial charge in [-0.05, 0) is 30.7 Å². The maximum atomic E-state index is 12.5. The summed E-state index contributed by atoms with van der Waals surface area (Å²) in [5.41, 5.74) is 0.850. The predicted octanol–water partition coefficient (Wildman–Crippen LogP) is 2.50. The molecule has 2 N–H and O–H groups in total. The van der Waals surface area contributed by atoms with Crippen molar-refractivity contribution in [3.8, 4) is 5.75 Å². The summed E-state index contributed by atoms with van der Waals surface area (Å²) in [4.78, 5) is 11.2. The molecule has 8 heteroatoms. The van der Waals surface area contributed by atoms with Gasteiger partial charge in [0.1, 0.15) is 5.75 Å². The van der Waals surface area contributed by atoms with Gasteiger partial charge in [-0.15, -0.1) is 0 Å². The van der Waals surface area contributed by atoms with Crippen LogP contribution in [0.1, 0.15) is 18.5 Å². The minimum atomic E-state index is -3.75. The minimum Gasteiger partial charge on any atom is -0.482 e. The second-order valence-electron chi connectivity index (χ2n) is 5.31. The molecule has 0 aliphatic heterocycles. The third-order valence-electron chi connectivity index (χ3n) is 3.48. The van der Waals surface area contributed by atoms with Gasteiger partial charge in [-0.1, -0.05) is 41.9 Å². The Morgan fingerprint density at radius 1 is 1.20 bits per heavy atom. The van der Waals surface area contributed by atoms with E-state index in [-0.39, 0.29) is 28.2 Å². The summed E-state index contributed by atoms with van der Waals surface area (Å²) in [6.45, 7) is 1.56. The molecule has 2 aromatic rings. The lowest BCUT2D eigenvalue weighted by atomic mass is 10.1. The zero-order valence-electron chi connectivity index (χ0n) is 13.8. The van der Waals surface area contributed by atoms with Crippen LogP contribution in [0.3, 0.4) is 0 Å². The van der Waals surface area contributed by atoms with E-state index in [2.05, 4.69) is 10.0 Å². The van der Waals surface area contributed by atoms with Crippen molar-refractivity contribution in [2.45, 2.75) is 17.9 Å². The quantitative estimate of drug-likeness (QED) is 0.770. The molecule has 0 fully saturated rings. The third kappa shape index (κ3) is 5.19. The van der Waals surface area contributed by atoms with Gasteiger partial charge in [-0.2, -0.15) is 0 Å². The third-order valence-corrected chi connectivity index (χ3v) is 5.32. The number of benzene rings is 2. The van der Waals surface area contributed by atoms with Gasteiger partial charge in [0.05, 0.1) is 9.92 Å². The van der Waals surface area contributed by atoms with Gasteiger partial charge in [-0.25, -0.2) is 13.1 Å². The van der Waals surface area contributed by atoms with E-state index in [0.29, 0.717) is 0 Å². The summed E-state index contributed by atoms with van der Waals surface area (Å²) < 4.78 is 32.9. The molecule has 2 aromatic carbocycles. The molecule has 0 bridgehead atoms. The van der Waals surface area contributed by atoms with Crippen LogP contribution < -0.4 is 14.8 Å². The standard InChI is InChI=1S/C17H19ClN2O4S/c1-12(13-6-4-3-5-7-13)20-25(22,23)14-8-9-16(15(18)10-14)24-11-17(21)19-2/h3-10,12,20H,11H2,1-2H3,(H,19,21)/t12-/m1/s1. The fourth-order valence-corrected chi connectivity index (χ4v) is 3.65. The molecule has 0 aromatic heterocycles. The number of hydrogen-bond acceptors (Lipinski definition) is 4. The molecule has 25 heavy (non-hydrogen) atoms. The van der Waals surface area contributed by atoms with E-state index >= 15 is 0 Å². The van der Waals surface area contributed by atoms with Crippen LogP contribution >= 0.6 is 11.6 Å². The van der Waals surface area contributed by atoms with Crippen molar-refractivity contribution in [2.75, 3.05) is 13.7 Å². The van der Waals surface area contributed by atoms with Crippen LogP contribution in [0.2, 0.25) is 5.02 Å². The molecule has 0 saturated carbocycles. The van der Waals surface area contributed by atoms with Crippen molar-refractivity contribution < 1.29 is 17.9 Å². The highest BCUT2D eigenvalue weighted by atomic mass is 35.5. The van der Waals surface area contributed by atoms with E-state index in [1.54, 1.807) is 6.92 Å². The zero-order valence-corrected chi connectivity index (χ0v) is 15.4. The molecule has 0 aliphatic carbocycles. The van der Waals surface area contributed by atoms with Gasteiger partial charge >= 0.3 is 0 Å². The Morgan fingerprint density at radius 3 is 2.48 bits per heavy atom. The Morgan fingerprint density at radius 2 is 1.88 bits per heavy atom. The summed E-state index contributed by atoms with van der Waals surface area (Å²) in [5, 5.41) is 2.52. The van der Waals surface area contributed by atoms with Gasteiger partial charge in [-0.3, -0.25) is 4.79 Å². The highest BCUT2D eigenvalue weighted by molar-refractivity contribution is 7.89. The topological polar surface area (TPSA) is 84.5 Å². The van der Waals surface area contributed by atoms with Crippen LogP contribution in [-0.4, -0.2) is 28.0 Å². The first kappa shape index (κ1) is 19.2. The SMILES string of the molecule is CNC(=O)COc1ccc(S(=O)(=O)N[C@H](C)c2ccccc2)cc1Cl. The van der Waals surface area contributed by atoms with E-state index in [4.69, 9.17) is 16.3 Å². The molecule has 0 unspecified atom stereocenters. The minimum absolute atomic E-state index is 0.0209. The molecule has 0 saturated heterocycles. The number of carbonyl (C=O) groups excluding carboxylic acids is 1. The predicted molar refractivity (Wildman–Crippen MR) is 96.2 cm³/mol. The summed E-state index contributed by atoms with van der Waals surface area (Å²) in [6.07, 6.45) is 0. The molecule has 0 aliphatic rings. The maximum absolute atomic E-state index is 12.5. The first-order chi connectivity index (χ1) is 11.8. The lowest BCUT2D eigenvalue weighted by molar-refractivity contribution is -0.122. The molecular weight excluding hydrogens is 364 g/mol. The van der Waals surface area contributed by atoms with Gasteiger partial charge < -0.3 is 10.1 Å². The second kappa shape index (κ2) is 8.33. The maximum Gasteiger partial charge on any atom is 0.257 e. The fraction of sp³-hybridized carbons (Fsp3) is 0.235. The Kier molecular flexibility index (Phi) is 6.41. The monoisotopic (exact) mass is 382 g/mol. The van der Waals surface area contributed by atoms with Crippen molar-refractivity contribution >= 4 is 27.5 Å². The fourth-order valence-electron chi connectivity index (χ4n) is 2.09. The Bertz CT molecular complexity index is 841. The van der Waals surface area contributed by atoms with Crippen LogP contribution in [-0.2, 0) is 14.8 Å². The van der Waals surface area contributed by atoms with Gasteiger partial charge in [0, 0.05) is 13.1 Å². The normalized spacial score (nSPS) is 12.4. The molecule has 1 amide bonds. The van der Waals surface area contributed by atoms with Crippen molar-refractivity contribution in [3.63, 3.8) is 0 Å². The molecule has 2 rings (SSSR count). The van der Waals surface area contributed by atoms with E-state index in [9.17, 15) is 13.2 Å². The Balaban J connectivity index is 2.14. The van der Waals surface area contributed by atoms with Crippen molar-refractivity contribution in [1.29, 1.82) is 0 Å². The Labute approximate surface area is 152 Å². The zero-order chi connectivity index (χ0) is 18.4. The van der Waals surface area contributed by atoms with Crippen LogP contribution in [0.15, 0.2) is 53.4 Å². The summed E-state index contributed by atoms with van der Waals surface area (Å²) >= 11 is 6.07. The molecule has 1 atom stereocenters. The van der Waals surface area contributed by atoms with Crippen molar-refractivity contribution in [3.05, 3.63) is 59.1 Å². The highest BCUT2D eigenvalue weighted by Crippen LogP contribution is 2.28. The van der Waals surface area contributed by atoms with Crippen molar-refractivity contribution in [2.24, 2.45) is 0 Å². The Hall–Kier alpha value is -2.09. The van der Waals surface area contributed by atoms with Gasteiger partial charge in [0.15, 0.2) is 6.61 Å². The summed E-state index contributed by atoms with van der Waals surface area (Å²) in [6, 6.07) is 12.9. The first-order valence-corrected chi connectivity index (χ1v) is 9.40. The van der Waals surface area contributed by atoms with Crippen molar-refractivity contribution in [1.82, 2.24) is 10.0 Å². The number of nitrogens with one attached hydrogen (secondary N) is 2. The number of carbonyl (C=O) groups is 1. The second-order valence-corrected chi connectivity index (χ2v) is 7.43. The van der Waals surface area contributed by atoms with E-state index in [1.807, 2.05) is 30.3 Å². The number of hydrogen-bond donors (Lipinski definition) is 2. The van der Waals surface area contributed by atoms with E-state index < -0.39 is 16.1 Å². The average Bonchev–Trinajstić information content (AvgIpc) is 2.60. The number of sulfonamides is 1. The number of halogens is 1. The molecule has 0 heterocycles. The number of likely N-dealkylation sites (N-methyl/N-ethyl adjacent to an activating group) is 1. The summed E-state index contributed by atoms with van der Waals surface area (Å²) in [7, 11) is -2.26. The van der Waals surface area contributed by atoms with Crippen LogP contribution in [0.4, 0.5) is 0 Å². The molecule has 6 nitrogen and oxygen atoms in total. The molecule has 0 spiro atoms. The number of amides is 1. The summed E-state index contributed by atoms with van der Waals surface area (Å²) in [5.74, 6) is -0.0774. The molecular formula is C17H19ClN2O4S. The number of ether oxygens (including phenoxy) is 1. The average molecular weight is 383 g/mol. The van der Waals surface area contributed by atoms with Crippen LogP contribution in [0.5, 0.6) is 5.75 Å². The lowest BCUT2D eigenvalue weighted by Gasteiger charge is -2.15. The first-order valence-electron chi connectivity index (χ1n) is 7.53. The molecule has 0 radical (unpaired) electrons. The van der Waals surface area contributed by atoms with Gasteiger partial charge in [0.2, 0.25) is 10.0 Å².